The molecule has 1 aliphatic rings. The maximum Gasteiger partial charge on any atom is 0.348 e. The van der Waals surface area contributed by atoms with Crippen LogP contribution in [0.2, 0.25) is 0 Å². The fourth-order valence-corrected chi connectivity index (χ4v) is 4.71. The molecular formula is C23H32N4O4S. The van der Waals surface area contributed by atoms with Crippen molar-refractivity contribution in [2.45, 2.75) is 37.3 Å². The average Bonchev–Trinajstić information content (AvgIpc) is 3.26. The molecule has 3 rings (SSSR count). The lowest BCUT2D eigenvalue weighted by molar-refractivity contribution is -0.118. The zero-order valence-electron chi connectivity index (χ0n) is 19.3. The number of likely N-dealkylation sites (N-methyl/N-ethyl adjacent to an activating group) is 1. The third-order valence-electron chi connectivity index (χ3n) is 5.50. The van der Waals surface area contributed by atoms with Gasteiger partial charge >= 0.3 is 5.69 Å². The summed E-state index contributed by atoms with van der Waals surface area (Å²) in [7, 11) is 7.19. The largest absolute Gasteiger partial charge is 0.493 e. The van der Waals surface area contributed by atoms with E-state index in [-0.39, 0.29) is 17.3 Å². The lowest BCUT2D eigenvalue weighted by atomic mass is 10.1. The fraction of sp³-hybridized carbons (Fsp3) is 0.522. The van der Waals surface area contributed by atoms with Crippen LogP contribution in [-0.2, 0) is 30.6 Å². The number of carbonyl (C=O) groups is 1. The molecule has 174 valence electrons. The van der Waals surface area contributed by atoms with Gasteiger partial charge < -0.3 is 19.7 Å². The van der Waals surface area contributed by atoms with Gasteiger partial charge in [0.25, 0.3) is 0 Å². The number of methoxy groups -OCH3 is 2. The predicted molar refractivity (Wildman–Crippen MR) is 126 cm³/mol. The van der Waals surface area contributed by atoms with E-state index in [4.69, 9.17) is 9.47 Å². The third kappa shape index (κ3) is 6.04. The summed E-state index contributed by atoms with van der Waals surface area (Å²) >= 11 is 1.35. The Hall–Kier alpha value is -2.52. The summed E-state index contributed by atoms with van der Waals surface area (Å²) in [5.41, 5.74) is 3.05. The number of fused-ring (bicyclic) bond motifs is 1. The number of amides is 1. The van der Waals surface area contributed by atoms with Crippen LogP contribution >= 0.6 is 11.8 Å². The van der Waals surface area contributed by atoms with Crippen molar-refractivity contribution in [3.8, 4) is 11.5 Å². The summed E-state index contributed by atoms with van der Waals surface area (Å²) in [6.45, 7) is 1.96. The van der Waals surface area contributed by atoms with Gasteiger partial charge in [0.05, 0.1) is 20.0 Å². The molecule has 0 saturated carbocycles. The number of hydrogen-bond acceptors (Lipinski definition) is 7. The molecule has 0 radical (unpaired) electrons. The molecule has 0 atom stereocenters. The Morgan fingerprint density at radius 1 is 1.22 bits per heavy atom. The summed E-state index contributed by atoms with van der Waals surface area (Å²) in [5, 5.41) is 3.65. The van der Waals surface area contributed by atoms with Gasteiger partial charge in [-0.05, 0) is 57.5 Å². The minimum absolute atomic E-state index is 0.0687. The minimum atomic E-state index is -0.219. The summed E-state index contributed by atoms with van der Waals surface area (Å²) in [6.07, 6.45) is 3.51. The Bertz CT molecular complexity index is 1010. The Labute approximate surface area is 193 Å². The molecule has 32 heavy (non-hydrogen) atoms. The highest BCUT2D eigenvalue weighted by Gasteiger charge is 2.22. The Morgan fingerprint density at radius 2 is 2.00 bits per heavy atom. The predicted octanol–water partition coefficient (Wildman–Crippen LogP) is 1.76. The van der Waals surface area contributed by atoms with Crippen molar-refractivity contribution in [1.82, 2.24) is 19.8 Å². The van der Waals surface area contributed by atoms with E-state index in [1.165, 1.54) is 11.8 Å². The average molecular weight is 461 g/mol. The molecule has 1 aromatic carbocycles. The van der Waals surface area contributed by atoms with E-state index in [1.807, 2.05) is 32.3 Å². The van der Waals surface area contributed by atoms with Crippen LogP contribution in [0, 0.1) is 0 Å². The van der Waals surface area contributed by atoms with Crippen molar-refractivity contribution in [2.75, 3.05) is 47.2 Å². The number of ether oxygens (including phenoxy) is 2. The Kier molecular flexibility index (Phi) is 8.58. The lowest BCUT2D eigenvalue weighted by Gasteiger charge is -2.16. The standard InChI is InChI=1S/C23H32N4O4S/c1-26(2)12-13-27-18-7-5-6-17(18)22(25-23(27)29)32-15-21(28)24-11-10-16-8-9-19(30-3)20(14-16)31-4/h8-9,14H,5-7,10-13,15H2,1-4H3,(H,24,28). The third-order valence-corrected chi connectivity index (χ3v) is 6.51. The molecule has 0 spiro atoms. The summed E-state index contributed by atoms with van der Waals surface area (Å²) in [6, 6.07) is 5.73. The first-order valence-corrected chi connectivity index (χ1v) is 11.8. The zero-order valence-corrected chi connectivity index (χ0v) is 20.1. The summed E-state index contributed by atoms with van der Waals surface area (Å²) in [4.78, 5) is 31.3. The van der Waals surface area contributed by atoms with Crippen molar-refractivity contribution in [1.29, 1.82) is 0 Å². The second-order valence-corrected chi connectivity index (χ2v) is 8.98. The monoisotopic (exact) mass is 460 g/mol. The Balaban J connectivity index is 1.54. The second-order valence-electron chi connectivity index (χ2n) is 8.01. The van der Waals surface area contributed by atoms with Gasteiger partial charge in [0.2, 0.25) is 5.91 Å². The van der Waals surface area contributed by atoms with Crippen LogP contribution in [0.3, 0.4) is 0 Å². The molecule has 1 aromatic heterocycles. The van der Waals surface area contributed by atoms with E-state index < -0.39 is 0 Å². The zero-order chi connectivity index (χ0) is 23.1. The first kappa shape index (κ1) is 24.1. The van der Waals surface area contributed by atoms with E-state index >= 15 is 0 Å². The van der Waals surface area contributed by atoms with Gasteiger partial charge in [-0.1, -0.05) is 17.8 Å². The molecule has 0 bridgehead atoms. The number of benzene rings is 1. The highest BCUT2D eigenvalue weighted by Crippen LogP contribution is 2.29. The van der Waals surface area contributed by atoms with Crippen LogP contribution in [0.5, 0.6) is 11.5 Å². The van der Waals surface area contributed by atoms with Crippen molar-refractivity contribution in [2.24, 2.45) is 0 Å². The van der Waals surface area contributed by atoms with E-state index in [9.17, 15) is 9.59 Å². The van der Waals surface area contributed by atoms with Gasteiger partial charge in [-0.3, -0.25) is 9.36 Å². The van der Waals surface area contributed by atoms with Crippen molar-refractivity contribution in [3.05, 3.63) is 45.5 Å². The number of nitrogens with zero attached hydrogens (tertiary/aromatic N) is 3. The maximum absolute atomic E-state index is 12.6. The van der Waals surface area contributed by atoms with Crippen molar-refractivity contribution >= 4 is 17.7 Å². The van der Waals surface area contributed by atoms with E-state index in [0.29, 0.717) is 36.0 Å². The Morgan fingerprint density at radius 3 is 2.72 bits per heavy atom. The van der Waals surface area contributed by atoms with Crippen molar-refractivity contribution < 1.29 is 14.3 Å². The summed E-state index contributed by atoms with van der Waals surface area (Å²) < 4.78 is 12.4. The number of rotatable bonds is 11. The number of thioether (sulfide) groups is 1. The van der Waals surface area contributed by atoms with Gasteiger partial charge in [0.15, 0.2) is 11.5 Å². The van der Waals surface area contributed by atoms with Crippen LogP contribution in [0.25, 0.3) is 0 Å². The first-order chi connectivity index (χ1) is 15.4. The molecule has 0 saturated heterocycles. The molecule has 0 aliphatic heterocycles. The molecule has 1 amide bonds. The topological polar surface area (TPSA) is 85.7 Å². The quantitative estimate of drug-likeness (QED) is 0.404. The molecular weight excluding hydrogens is 428 g/mol. The highest BCUT2D eigenvalue weighted by molar-refractivity contribution is 7.99. The molecule has 1 N–H and O–H groups in total. The van der Waals surface area contributed by atoms with Gasteiger partial charge in [0, 0.05) is 30.9 Å². The first-order valence-electron chi connectivity index (χ1n) is 10.8. The second kappa shape index (κ2) is 11.4. The number of aromatic nitrogens is 2. The minimum Gasteiger partial charge on any atom is -0.493 e. The van der Waals surface area contributed by atoms with Crippen LogP contribution in [-0.4, -0.2) is 67.5 Å². The highest BCUT2D eigenvalue weighted by atomic mass is 32.2. The molecule has 1 aliphatic carbocycles. The lowest BCUT2D eigenvalue weighted by Crippen LogP contribution is -2.31. The van der Waals surface area contributed by atoms with Gasteiger partial charge in [-0.25, -0.2) is 4.79 Å². The van der Waals surface area contributed by atoms with E-state index in [1.54, 1.807) is 18.8 Å². The maximum atomic E-state index is 12.6. The number of hydrogen-bond donors (Lipinski definition) is 1. The molecule has 0 fully saturated rings. The van der Waals surface area contributed by atoms with Gasteiger partial charge in [-0.15, -0.1) is 0 Å². The molecule has 0 unspecified atom stereocenters. The molecule has 9 heteroatoms. The fourth-order valence-electron chi connectivity index (χ4n) is 3.80. The number of nitrogens with one attached hydrogen (secondary N) is 1. The summed E-state index contributed by atoms with van der Waals surface area (Å²) in [5.74, 6) is 1.53. The smallest absolute Gasteiger partial charge is 0.348 e. The SMILES string of the molecule is COc1ccc(CCNC(=O)CSc2nc(=O)n(CCN(C)C)c3c2CCC3)cc1OC. The van der Waals surface area contributed by atoms with Crippen LogP contribution in [0.4, 0.5) is 0 Å². The number of carbonyl (C=O) groups excluding carboxylic acids is 1. The van der Waals surface area contributed by atoms with Gasteiger partial charge in [-0.2, -0.15) is 4.98 Å². The van der Waals surface area contributed by atoms with Crippen LogP contribution < -0.4 is 20.5 Å². The molecule has 2 aromatic rings. The van der Waals surface area contributed by atoms with Crippen molar-refractivity contribution in [3.63, 3.8) is 0 Å². The van der Waals surface area contributed by atoms with E-state index in [0.717, 1.165) is 42.6 Å². The van der Waals surface area contributed by atoms with E-state index in [2.05, 4.69) is 15.2 Å². The normalized spacial score (nSPS) is 12.7. The van der Waals surface area contributed by atoms with Crippen LogP contribution in [0.1, 0.15) is 23.2 Å². The van der Waals surface area contributed by atoms with Crippen LogP contribution in [0.15, 0.2) is 28.0 Å². The molecule has 8 nitrogen and oxygen atoms in total. The molecule has 1 heterocycles. The van der Waals surface area contributed by atoms with Gasteiger partial charge in [0.1, 0.15) is 5.03 Å².